The Morgan fingerprint density at radius 1 is 1.58 bits per heavy atom. The number of benzene rings is 1. The van der Waals surface area contributed by atoms with Crippen LogP contribution >= 0.6 is 0 Å². The average molecular weight is 337 g/mol. The first-order valence-corrected chi connectivity index (χ1v) is 8.03. The normalized spacial score (nSPS) is 19.7. The Labute approximate surface area is 140 Å². The van der Waals surface area contributed by atoms with Crippen LogP contribution in [0.2, 0.25) is 0 Å². The summed E-state index contributed by atoms with van der Waals surface area (Å²) >= 11 is 0. The van der Waals surface area contributed by atoms with Gasteiger partial charge in [-0.3, -0.25) is 19.8 Å². The maximum Gasteiger partial charge on any atom is 0.271 e. The molecule has 0 spiro atoms. The minimum Gasteiger partial charge on any atom is -0.394 e. The van der Waals surface area contributed by atoms with Gasteiger partial charge >= 0.3 is 0 Å². The third-order valence-corrected chi connectivity index (χ3v) is 4.11. The van der Waals surface area contributed by atoms with Crippen molar-refractivity contribution in [1.29, 1.82) is 0 Å². The second-order valence-electron chi connectivity index (χ2n) is 5.83. The van der Waals surface area contributed by atoms with Crippen LogP contribution in [-0.2, 0) is 9.53 Å². The lowest BCUT2D eigenvalue weighted by molar-refractivity contribution is -0.384. The number of carbonyl (C=O) groups is 1. The van der Waals surface area contributed by atoms with E-state index < -0.39 is 4.92 Å². The second kappa shape index (κ2) is 8.72. The lowest BCUT2D eigenvalue weighted by atomic mass is 10.1. The molecular weight excluding hydrogens is 314 g/mol. The molecule has 8 nitrogen and oxygen atoms in total. The van der Waals surface area contributed by atoms with E-state index in [2.05, 4.69) is 5.32 Å². The molecule has 2 N–H and O–H groups in total. The molecule has 0 radical (unpaired) electrons. The Balaban J connectivity index is 1.94. The van der Waals surface area contributed by atoms with Gasteiger partial charge in [-0.25, -0.2) is 0 Å². The quantitative estimate of drug-likeness (QED) is 0.575. The first-order chi connectivity index (χ1) is 11.5. The van der Waals surface area contributed by atoms with Crippen LogP contribution in [0.5, 0.6) is 0 Å². The molecule has 1 fully saturated rings. The molecule has 1 aliphatic heterocycles. The molecule has 1 saturated heterocycles. The zero-order valence-electron chi connectivity index (χ0n) is 13.7. The molecule has 8 heteroatoms. The summed E-state index contributed by atoms with van der Waals surface area (Å²) in [5.41, 5.74) is 0.349. The predicted octanol–water partition coefficient (Wildman–Crippen LogP) is 1.40. The largest absolute Gasteiger partial charge is 0.394 e. The first kappa shape index (κ1) is 18.3. The number of aliphatic hydroxyl groups is 1. The van der Waals surface area contributed by atoms with Crippen LogP contribution in [0.25, 0.3) is 0 Å². The summed E-state index contributed by atoms with van der Waals surface area (Å²) in [5, 5.41) is 22.4. The van der Waals surface area contributed by atoms with Crippen LogP contribution in [-0.4, -0.2) is 59.3 Å². The number of anilines is 1. The van der Waals surface area contributed by atoms with Crippen molar-refractivity contribution in [2.45, 2.75) is 31.9 Å². The van der Waals surface area contributed by atoms with Gasteiger partial charge in [0.2, 0.25) is 5.91 Å². The number of aliphatic hydroxyl groups excluding tert-OH is 1. The van der Waals surface area contributed by atoms with Gasteiger partial charge in [0.1, 0.15) is 0 Å². The number of carbonyl (C=O) groups excluding carboxylic acids is 1. The van der Waals surface area contributed by atoms with E-state index in [1.54, 1.807) is 13.0 Å². The molecule has 1 amide bonds. The summed E-state index contributed by atoms with van der Waals surface area (Å²) in [6.45, 7) is 3.51. The summed E-state index contributed by atoms with van der Waals surface area (Å²) in [6, 6.07) is 5.52. The van der Waals surface area contributed by atoms with E-state index in [9.17, 15) is 14.9 Å². The van der Waals surface area contributed by atoms with Gasteiger partial charge in [-0.15, -0.1) is 0 Å². The number of nitro groups is 1. The van der Waals surface area contributed by atoms with E-state index in [4.69, 9.17) is 9.84 Å². The van der Waals surface area contributed by atoms with Crippen molar-refractivity contribution in [3.8, 4) is 0 Å². The lowest BCUT2D eigenvalue weighted by Gasteiger charge is -2.35. The number of nitrogens with zero attached hydrogens (tertiary/aromatic N) is 2. The number of hydrogen-bond donors (Lipinski definition) is 2. The summed E-state index contributed by atoms with van der Waals surface area (Å²) in [6.07, 6.45) is 1.85. The fourth-order valence-corrected chi connectivity index (χ4v) is 2.78. The van der Waals surface area contributed by atoms with Crippen molar-refractivity contribution in [2.24, 2.45) is 0 Å². The Morgan fingerprint density at radius 3 is 3.08 bits per heavy atom. The zero-order chi connectivity index (χ0) is 17.5. The van der Waals surface area contributed by atoms with Gasteiger partial charge in [-0.2, -0.15) is 0 Å². The summed E-state index contributed by atoms with van der Waals surface area (Å²) < 4.78 is 5.55. The molecule has 1 aromatic rings. The van der Waals surface area contributed by atoms with Gasteiger partial charge in [-0.05, 0) is 32.4 Å². The molecule has 0 saturated carbocycles. The smallest absolute Gasteiger partial charge is 0.271 e. The fraction of sp³-hybridized carbons (Fsp3) is 0.562. The maximum absolute atomic E-state index is 12.4. The van der Waals surface area contributed by atoms with Crippen molar-refractivity contribution in [1.82, 2.24) is 4.90 Å². The molecule has 1 aliphatic rings. The van der Waals surface area contributed by atoms with E-state index in [-0.39, 0.29) is 30.3 Å². The molecule has 1 heterocycles. The van der Waals surface area contributed by atoms with E-state index in [1.807, 2.05) is 4.90 Å². The molecule has 1 aromatic carbocycles. The standard InChI is InChI=1S/C16H23N3O5/c1-12(18-7-3-6-15(11-18)24-9-8-20)16(21)17-13-4-2-5-14(10-13)19(22)23/h2,4-5,10,12,15,20H,3,6-9,11H2,1H3,(H,17,21)/t12-,15-/m0/s1. The predicted molar refractivity (Wildman–Crippen MR) is 88.8 cm³/mol. The SMILES string of the molecule is C[C@@H](C(=O)Nc1cccc([N+](=O)[O-])c1)N1CCC[C@H](OCCO)C1. The van der Waals surface area contributed by atoms with Crippen LogP contribution in [0, 0.1) is 10.1 Å². The van der Waals surface area contributed by atoms with Gasteiger partial charge in [-0.1, -0.05) is 6.07 Å². The van der Waals surface area contributed by atoms with Crippen molar-refractivity contribution >= 4 is 17.3 Å². The second-order valence-corrected chi connectivity index (χ2v) is 5.83. The number of non-ortho nitro benzene ring substituents is 1. The number of rotatable bonds is 7. The van der Waals surface area contributed by atoms with Gasteiger partial charge in [0.15, 0.2) is 0 Å². The summed E-state index contributed by atoms with van der Waals surface area (Å²) in [7, 11) is 0. The number of ether oxygens (including phenoxy) is 1. The Bertz CT molecular complexity index is 581. The maximum atomic E-state index is 12.4. The summed E-state index contributed by atoms with van der Waals surface area (Å²) in [5.74, 6) is -0.210. The van der Waals surface area contributed by atoms with Gasteiger partial charge in [0, 0.05) is 24.4 Å². The minimum atomic E-state index is -0.493. The third-order valence-electron chi connectivity index (χ3n) is 4.11. The zero-order valence-corrected chi connectivity index (χ0v) is 13.7. The van der Waals surface area contributed by atoms with E-state index in [0.29, 0.717) is 18.8 Å². The third kappa shape index (κ3) is 4.98. The Hall–Kier alpha value is -2.03. The highest BCUT2D eigenvalue weighted by Gasteiger charge is 2.28. The first-order valence-electron chi connectivity index (χ1n) is 8.03. The van der Waals surface area contributed by atoms with Crippen molar-refractivity contribution in [3.63, 3.8) is 0 Å². The number of nitrogens with one attached hydrogen (secondary N) is 1. The molecule has 0 aliphatic carbocycles. The molecular formula is C16H23N3O5. The molecule has 0 unspecified atom stereocenters. The topological polar surface area (TPSA) is 105 Å². The molecule has 0 aromatic heterocycles. The molecule has 2 rings (SSSR count). The average Bonchev–Trinajstić information content (AvgIpc) is 2.59. The number of amides is 1. The fourth-order valence-electron chi connectivity index (χ4n) is 2.78. The number of likely N-dealkylation sites (tertiary alicyclic amines) is 1. The highest BCUT2D eigenvalue weighted by molar-refractivity contribution is 5.94. The Kier molecular flexibility index (Phi) is 6.65. The van der Waals surface area contributed by atoms with Crippen LogP contribution < -0.4 is 5.32 Å². The van der Waals surface area contributed by atoms with E-state index in [1.165, 1.54) is 18.2 Å². The monoisotopic (exact) mass is 337 g/mol. The molecule has 0 bridgehead atoms. The van der Waals surface area contributed by atoms with Gasteiger partial charge in [0.05, 0.1) is 30.3 Å². The van der Waals surface area contributed by atoms with E-state index in [0.717, 1.165) is 19.4 Å². The van der Waals surface area contributed by atoms with Crippen LogP contribution in [0.3, 0.4) is 0 Å². The summed E-state index contributed by atoms with van der Waals surface area (Å²) in [4.78, 5) is 24.7. The highest BCUT2D eigenvalue weighted by atomic mass is 16.6. The van der Waals surface area contributed by atoms with Crippen LogP contribution in [0.4, 0.5) is 11.4 Å². The minimum absolute atomic E-state index is 0.0129. The van der Waals surface area contributed by atoms with Crippen molar-refractivity contribution in [3.05, 3.63) is 34.4 Å². The number of nitro benzene ring substituents is 1. The van der Waals surface area contributed by atoms with Crippen LogP contribution in [0.15, 0.2) is 24.3 Å². The van der Waals surface area contributed by atoms with Crippen molar-refractivity contribution in [2.75, 3.05) is 31.6 Å². The van der Waals surface area contributed by atoms with Gasteiger partial charge in [0.25, 0.3) is 5.69 Å². The number of piperidine rings is 1. The molecule has 132 valence electrons. The van der Waals surface area contributed by atoms with Crippen molar-refractivity contribution < 1.29 is 19.6 Å². The Morgan fingerprint density at radius 2 is 2.38 bits per heavy atom. The molecule has 2 atom stereocenters. The van der Waals surface area contributed by atoms with Gasteiger partial charge < -0.3 is 15.2 Å². The van der Waals surface area contributed by atoms with Crippen LogP contribution in [0.1, 0.15) is 19.8 Å². The highest BCUT2D eigenvalue weighted by Crippen LogP contribution is 2.19. The van der Waals surface area contributed by atoms with E-state index >= 15 is 0 Å². The molecule has 24 heavy (non-hydrogen) atoms. The number of hydrogen-bond acceptors (Lipinski definition) is 6. The lowest BCUT2D eigenvalue weighted by Crippen LogP contribution is -2.49.